The van der Waals surface area contributed by atoms with Gasteiger partial charge in [0.1, 0.15) is 0 Å². The van der Waals surface area contributed by atoms with Crippen molar-refractivity contribution in [3.05, 3.63) is 35.4 Å². The molecule has 1 aromatic carbocycles. The van der Waals surface area contributed by atoms with Crippen LogP contribution < -0.4 is 5.32 Å². The van der Waals surface area contributed by atoms with Crippen molar-refractivity contribution < 1.29 is 5.11 Å². The Morgan fingerprint density at radius 3 is 2.59 bits per heavy atom. The average Bonchev–Trinajstić information content (AvgIpc) is 2.32. The Morgan fingerprint density at radius 2 is 2.00 bits per heavy atom. The molecule has 2 nitrogen and oxygen atoms in total. The van der Waals surface area contributed by atoms with Gasteiger partial charge < -0.3 is 10.4 Å². The summed E-state index contributed by atoms with van der Waals surface area (Å²) in [5, 5.41) is 12.6. The fourth-order valence-corrected chi connectivity index (χ4v) is 2.19. The lowest BCUT2D eigenvalue weighted by atomic mass is 9.80. The summed E-state index contributed by atoms with van der Waals surface area (Å²) in [5.74, 6) is 3.34. The first-order valence-electron chi connectivity index (χ1n) is 6.22. The molecule has 0 spiro atoms. The van der Waals surface area contributed by atoms with E-state index in [1.165, 1.54) is 12.0 Å². The molecule has 0 atom stereocenters. The third-order valence-corrected chi connectivity index (χ3v) is 3.39. The number of aliphatic hydroxyl groups excluding tert-OH is 1. The number of rotatable bonds is 5. The molecule has 0 unspecified atom stereocenters. The first kappa shape index (κ1) is 12.2. The molecular weight excluding hydrogens is 210 g/mol. The van der Waals surface area contributed by atoms with Crippen LogP contribution in [-0.2, 0) is 6.54 Å². The van der Waals surface area contributed by atoms with E-state index in [2.05, 4.69) is 23.4 Å². The molecule has 0 saturated heterocycles. The van der Waals surface area contributed by atoms with Crippen LogP contribution in [0.15, 0.2) is 24.3 Å². The number of terminal acetylenes is 1. The predicted octanol–water partition coefficient (Wildman–Crippen LogP) is 1.92. The minimum atomic E-state index is -0.0312. The second-order valence-electron chi connectivity index (χ2n) is 4.80. The quantitative estimate of drug-likeness (QED) is 0.597. The first-order chi connectivity index (χ1) is 8.28. The summed E-state index contributed by atoms with van der Waals surface area (Å²) in [6.45, 7) is 1.91. The zero-order valence-electron chi connectivity index (χ0n) is 10.0. The molecule has 2 N–H and O–H groups in total. The highest BCUT2D eigenvalue weighted by molar-refractivity contribution is 5.34. The number of aliphatic hydroxyl groups is 1. The molecule has 0 amide bonds. The molecule has 1 aliphatic carbocycles. The van der Waals surface area contributed by atoms with E-state index in [0.717, 1.165) is 37.4 Å². The third kappa shape index (κ3) is 3.59. The highest BCUT2D eigenvalue weighted by atomic mass is 16.3. The van der Waals surface area contributed by atoms with Crippen molar-refractivity contribution in [1.82, 2.24) is 5.32 Å². The van der Waals surface area contributed by atoms with Gasteiger partial charge in [0.05, 0.1) is 6.10 Å². The maximum absolute atomic E-state index is 9.17. The van der Waals surface area contributed by atoms with Crippen LogP contribution in [0.4, 0.5) is 0 Å². The van der Waals surface area contributed by atoms with Crippen LogP contribution in [0.5, 0.6) is 0 Å². The topological polar surface area (TPSA) is 32.3 Å². The van der Waals surface area contributed by atoms with Crippen LogP contribution in [0.2, 0.25) is 0 Å². The van der Waals surface area contributed by atoms with Crippen LogP contribution >= 0.6 is 0 Å². The minimum absolute atomic E-state index is 0.0312. The molecule has 2 rings (SSSR count). The summed E-state index contributed by atoms with van der Waals surface area (Å²) in [6, 6.07) is 8.07. The van der Waals surface area contributed by atoms with Crippen LogP contribution in [0.1, 0.15) is 30.4 Å². The smallest absolute Gasteiger partial charge is 0.0545 e. The first-order valence-corrected chi connectivity index (χ1v) is 6.22. The monoisotopic (exact) mass is 229 g/mol. The molecule has 1 aromatic rings. The van der Waals surface area contributed by atoms with E-state index < -0.39 is 0 Å². The molecule has 1 fully saturated rings. The van der Waals surface area contributed by atoms with Crippen molar-refractivity contribution in [2.75, 3.05) is 6.54 Å². The summed E-state index contributed by atoms with van der Waals surface area (Å²) in [7, 11) is 0. The van der Waals surface area contributed by atoms with Gasteiger partial charge in [-0.1, -0.05) is 18.1 Å². The molecule has 1 saturated carbocycles. The van der Waals surface area contributed by atoms with Gasteiger partial charge in [0.25, 0.3) is 0 Å². The van der Waals surface area contributed by atoms with Crippen molar-refractivity contribution in [2.24, 2.45) is 5.92 Å². The van der Waals surface area contributed by atoms with Gasteiger partial charge in [-0.3, -0.25) is 0 Å². The highest BCUT2D eigenvalue weighted by Crippen LogP contribution is 2.29. The zero-order chi connectivity index (χ0) is 12.1. The van der Waals surface area contributed by atoms with Gasteiger partial charge in [-0.25, -0.2) is 0 Å². The van der Waals surface area contributed by atoms with Gasteiger partial charge >= 0.3 is 0 Å². The summed E-state index contributed by atoms with van der Waals surface area (Å²) in [5.41, 5.74) is 2.19. The number of hydrogen-bond donors (Lipinski definition) is 2. The maximum Gasteiger partial charge on any atom is 0.0545 e. The van der Waals surface area contributed by atoms with Gasteiger partial charge in [-0.05, 0) is 49.4 Å². The standard InChI is InChI=1S/C15H19NO/c1-2-12-3-5-13(6-4-12)11-16-8-7-14-9-15(17)10-14/h1,3-6,14-17H,7-11H2. The zero-order valence-corrected chi connectivity index (χ0v) is 10.0. The minimum Gasteiger partial charge on any atom is -0.393 e. The molecule has 2 heteroatoms. The Bertz CT molecular complexity index is 384. The molecule has 0 aliphatic heterocycles. The van der Waals surface area contributed by atoms with Crippen LogP contribution in [-0.4, -0.2) is 17.8 Å². The lowest BCUT2D eigenvalue weighted by Gasteiger charge is -2.31. The Hall–Kier alpha value is -1.30. The Labute approximate surface area is 103 Å². The van der Waals surface area contributed by atoms with Gasteiger partial charge in [0.2, 0.25) is 0 Å². The third-order valence-electron chi connectivity index (χ3n) is 3.39. The highest BCUT2D eigenvalue weighted by Gasteiger charge is 2.26. The Balaban J connectivity index is 1.63. The van der Waals surface area contributed by atoms with Crippen molar-refractivity contribution >= 4 is 0 Å². The molecule has 0 bridgehead atoms. The van der Waals surface area contributed by atoms with Gasteiger partial charge in [-0.2, -0.15) is 0 Å². The maximum atomic E-state index is 9.17. The van der Waals surface area contributed by atoms with Gasteiger partial charge in [0.15, 0.2) is 0 Å². The summed E-state index contributed by atoms with van der Waals surface area (Å²) < 4.78 is 0. The number of hydrogen-bond acceptors (Lipinski definition) is 2. The normalized spacial score (nSPS) is 22.8. The van der Waals surface area contributed by atoms with E-state index in [4.69, 9.17) is 11.5 Å². The van der Waals surface area contributed by atoms with E-state index in [0.29, 0.717) is 0 Å². The van der Waals surface area contributed by atoms with Crippen molar-refractivity contribution in [2.45, 2.75) is 31.9 Å². The van der Waals surface area contributed by atoms with E-state index in [1.807, 2.05) is 12.1 Å². The molecular formula is C15H19NO. The van der Waals surface area contributed by atoms with E-state index in [1.54, 1.807) is 0 Å². The molecule has 0 aromatic heterocycles. The van der Waals surface area contributed by atoms with Crippen molar-refractivity contribution in [1.29, 1.82) is 0 Å². The van der Waals surface area contributed by atoms with Gasteiger partial charge in [0, 0.05) is 12.1 Å². The number of benzene rings is 1. The fraction of sp³-hybridized carbons (Fsp3) is 0.467. The molecule has 17 heavy (non-hydrogen) atoms. The van der Waals surface area contributed by atoms with Crippen LogP contribution in [0.3, 0.4) is 0 Å². The van der Waals surface area contributed by atoms with E-state index in [-0.39, 0.29) is 6.10 Å². The largest absolute Gasteiger partial charge is 0.393 e. The Kier molecular flexibility index (Phi) is 4.19. The van der Waals surface area contributed by atoms with Gasteiger partial charge in [-0.15, -0.1) is 6.42 Å². The van der Waals surface area contributed by atoms with Crippen molar-refractivity contribution in [3.63, 3.8) is 0 Å². The molecule has 0 heterocycles. The average molecular weight is 229 g/mol. The van der Waals surface area contributed by atoms with Crippen LogP contribution in [0.25, 0.3) is 0 Å². The molecule has 90 valence electrons. The lowest BCUT2D eigenvalue weighted by Crippen LogP contribution is -2.30. The number of nitrogens with one attached hydrogen (secondary N) is 1. The summed E-state index contributed by atoms with van der Waals surface area (Å²) >= 11 is 0. The van der Waals surface area contributed by atoms with Crippen molar-refractivity contribution in [3.8, 4) is 12.3 Å². The van der Waals surface area contributed by atoms with E-state index >= 15 is 0 Å². The molecule has 0 radical (unpaired) electrons. The second kappa shape index (κ2) is 5.86. The lowest BCUT2D eigenvalue weighted by molar-refractivity contribution is 0.0393. The Morgan fingerprint density at radius 1 is 1.29 bits per heavy atom. The predicted molar refractivity (Wildman–Crippen MR) is 69.4 cm³/mol. The second-order valence-corrected chi connectivity index (χ2v) is 4.80. The summed E-state index contributed by atoms with van der Waals surface area (Å²) in [6.07, 6.45) is 8.41. The fourth-order valence-electron chi connectivity index (χ4n) is 2.19. The molecule has 1 aliphatic rings. The van der Waals surface area contributed by atoms with E-state index in [9.17, 15) is 0 Å². The SMILES string of the molecule is C#Cc1ccc(CNCCC2CC(O)C2)cc1. The summed E-state index contributed by atoms with van der Waals surface area (Å²) in [4.78, 5) is 0. The van der Waals surface area contributed by atoms with Crippen LogP contribution in [0, 0.1) is 18.3 Å².